The van der Waals surface area contributed by atoms with Crippen LogP contribution in [0.25, 0.3) is 0 Å². The molecule has 0 atom stereocenters. The molecule has 0 aromatic carbocycles. The molecule has 0 bridgehead atoms. The number of nitrogens with one attached hydrogen (secondary N) is 1. The van der Waals surface area contributed by atoms with Crippen molar-refractivity contribution in [3.63, 3.8) is 0 Å². The first kappa shape index (κ1) is 14.7. The van der Waals surface area contributed by atoms with E-state index in [9.17, 15) is 14.4 Å². The zero-order chi connectivity index (χ0) is 14.3. The van der Waals surface area contributed by atoms with Crippen LogP contribution in [0.15, 0.2) is 37.7 Å². The van der Waals surface area contributed by atoms with Crippen molar-refractivity contribution in [2.75, 3.05) is 13.2 Å². The van der Waals surface area contributed by atoms with Crippen molar-refractivity contribution in [1.29, 1.82) is 0 Å². The van der Waals surface area contributed by atoms with Gasteiger partial charge in [0, 0.05) is 31.4 Å². The van der Waals surface area contributed by atoms with Crippen LogP contribution >= 0.6 is 0 Å². The largest absolute Gasteiger partial charge is 0.335 e. The van der Waals surface area contributed by atoms with Gasteiger partial charge < -0.3 is 10.2 Å². The summed E-state index contributed by atoms with van der Waals surface area (Å²) in [5.41, 5.74) is 0. The molecular formula is C13H17N3O3. The smallest absolute Gasteiger partial charge is 0.253 e. The number of carbonyl (C=O) groups is 3. The third kappa shape index (κ3) is 4.42. The van der Waals surface area contributed by atoms with E-state index < -0.39 is 0 Å². The summed E-state index contributed by atoms with van der Waals surface area (Å²) in [6.07, 6.45) is 6.48. The lowest BCUT2D eigenvalue weighted by Gasteiger charge is -2.16. The van der Waals surface area contributed by atoms with E-state index >= 15 is 0 Å². The molecule has 19 heavy (non-hydrogen) atoms. The second-order valence-corrected chi connectivity index (χ2v) is 3.90. The van der Waals surface area contributed by atoms with Crippen molar-refractivity contribution in [1.82, 2.24) is 15.1 Å². The highest BCUT2D eigenvalue weighted by Gasteiger charge is 2.18. The first-order chi connectivity index (χ1) is 9.08. The van der Waals surface area contributed by atoms with E-state index in [0.29, 0.717) is 13.0 Å². The van der Waals surface area contributed by atoms with Crippen molar-refractivity contribution in [2.24, 2.45) is 0 Å². The molecule has 1 aliphatic heterocycles. The summed E-state index contributed by atoms with van der Waals surface area (Å²) in [7, 11) is 0. The van der Waals surface area contributed by atoms with Crippen molar-refractivity contribution >= 4 is 17.7 Å². The Balaban J connectivity index is 2.51. The van der Waals surface area contributed by atoms with Crippen molar-refractivity contribution in [2.45, 2.75) is 12.8 Å². The fourth-order valence-corrected chi connectivity index (χ4v) is 1.54. The van der Waals surface area contributed by atoms with E-state index in [-0.39, 0.29) is 24.4 Å². The molecule has 0 unspecified atom stereocenters. The van der Waals surface area contributed by atoms with Crippen LogP contribution in [-0.2, 0) is 14.4 Å². The van der Waals surface area contributed by atoms with Crippen molar-refractivity contribution in [3.8, 4) is 0 Å². The maximum atomic E-state index is 11.8. The van der Waals surface area contributed by atoms with Gasteiger partial charge >= 0.3 is 0 Å². The van der Waals surface area contributed by atoms with Gasteiger partial charge in [-0.1, -0.05) is 13.2 Å². The normalized spacial score (nSPS) is 14.5. The summed E-state index contributed by atoms with van der Waals surface area (Å²) < 4.78 is 0. The number of hydrogen-bond acceptors (Lipinski definition) is 3. The maximum absolute atomic E-state index is 11.8. The minimum atomic E-state index is -0.377. The molecule has 0 spiro atoms. The van der Waals surface area contributed by atoms with Crippen LogP contribution in [0, 0.1) is 0 Å². The lowest BCUT2D eigenvalue weighted by molar-refractivity contribution is -0.125. The molecule has 1 aliphatic rings. The zero-order valence-corrected chi connectivity index (χ0v) is 10.7. The SMILES string of the molecule is C=CC(=O)NCN(C=C)C(=O)C=CN1CCCC1=O. The highest BCUT2D eigenvalue weighted by Crippen LogP contribution is 2.09. The Kier molecular flexibility index (Phi) is 5.53. The fraction of sp³-hybridized carbons (Fsp3) is 0.308. The highest BCUT2D eigenvalue weighted by atomic mass is 16.2. The van der Waals surface area contributed by atoms with Gasteiger partial charge in [-0.2, -0.15) is 0 Å². The van der Waals surface area contributed by atoms with E-state index in [4.69, 9.17) is 0 Å². The van der Waals surface area contributed by atoms with Gasteiger partial charge in [-0.05, 0) is 12.5 Å². The van der Waals surface area contributed by atoms with Crippen LogP contribution in [-0.4, -0.2) is 40.7 Å². The second kappa shape index (κ2) is 7.15. The number of likely N-dealkylation sites (tertiary alicyclic amines) is 1. The zero-order valence-electron chi connectivity index (χ0n) is 10.7. The Hall–Kier alpha value is -2.37. The lowest BCUT2D eigenvalue weighted by Crippen LogP contribution is -2.36. The second-order valence-electron chi connectivity index (χ2n) is 3.90. The first-order valence-corrected chi connectivity index (χ1v) is 5.89. The van der Waals surface area contributed by atoms with E-state index in [1.807, 2.05) is 0 Å². The van der Waals surface area contributed by atoms with Crippen LogP contribution in [0.1, 0.15) is 12.8 Å². The molecule has 0 aliphatic carbocycles. The van der Waals surface area contributed by atoms with Gasteiger partial charge in [0.15, 0.2) is 0 Å². The van der Waals surface area contributed by atoms with Crippen LogP contribution < -0.4 is 5.32 Å². The minimum absolute atomic E-state index is 0.00543. The van der Waals surface area contributed by atoms with E-state index in [0.717, 1.165) is 12.5 Å². The summed E-state index contributed by atoms with van der Waals surface area (Å²) in [5.74, 6) is -0.730. The Morgan fingerprint density at radius 2 is 2.16 bits per heavy atom. The molecule has 1 heterocycles. The highest BCUT2D eigenvalue weighted by molar-refractivity contribution is 5.90. The summed E-state index contributed by atoms with van der Waals surface area (Å²) in [6.45, 7) is 7.44. The van der Waals surface area contributed by atoms with Crippen LogP contribution in [0.4, 0.5) is 0 Å². The Morgan fingerprint density at radius 1 is 1.42 bits per heavy atom. The van der Waals surface area contributed by atoms with Crippen LogP contribution in [0.2, 0.25) is 0 Å². The molecule has 1 saturated heterocycles. The molecule has 6 nitrogen and oxygen atoms in total. The Bertz CT molecular complexity index is 429. The monoisotopic (exact) mass is 263 g/mol. The quantitative estimate of drug-likeness (QED) is 0.555. The number of amides is 3. The molecule has 1 rings (SSSR count). The molecule has 3 amide bonds. The predicted molar refractivity (Wildman–Crippen MR) is 70.3 cm³/mol. The minimum Gasteiger partial charge on any atom is -0.335 e. The lowest BCUT2D eigenvalue weighted by atomic mass is 10.4. The van der Waals surface area contributed by atoms with Gasteiger partial charge in [0.2, 0.25) is 11.8 Å². The average molecular weight is 263 g/mol. The standard InChI is InChI=1S/C13H17N3O3/c1-3-11(17)14-10-15(4-2)13(19)7-9-16-8-5-6-12(16)18/h3-4,7,9H,1-2,5-6,8,10H2,(H,14,17). The third-order valence-electron chi connectivity index (χ3n) is 2.62. The summed E-state index contributed by atoms with van der Waals surface area (Å²) in [4.78, 5) is 36.8. The molecule has 0 aromatic rings. The van der Waals surface area contributed by atoms with Crippen LogP contribution in [0.3, 0.4) is 0 Å². The van der Waals surface area contributed by atoms with Gasteiger partial charge in [0.1, 0.15) is 0 Å². The molecular weight excluding hydrogens is 246 g/mol. The molecule has 0 radical (unpaired) electrons. The molecule has 6 heteroatoms. The maximum Gasteiger partial charge on any atom is 0.253 e. The number of rotatable bonds is 6. The number of nitrogens with zero attached hydrogens (tertiary/aromatic N) is 2. The van der Waals surface area contributed by atoms with Crippen molar-refractivity contribution < 1.29 is 14.4 Å². The predicted octanol–water partition coefficient (Wildman–Crippen LogP) is 0.354. The van der Waals surface area contributed by atoms with Gasteiger partial charge in [-0.15, -0.1) is 0 Å². The Morgan fingerprint density at radius 3 is 2.68 bits per heavy atom. The fourth-order valence-electron chi connectivity index (χ4n) is 1.54. The molecule has 0 aromatic heterocycles. The third-order valence-corrected chi connectivity index (χ3v) is 2.62. The molecule has 1 fully saturated rings. The van der Waals surface area contributed by atoms with Gasteiger partial charge in [0.05, 0.1) is 6.67 Å². The van der Waals surface area contributed by atoms with Crippen LogP contribution in [0.5, 0.6) is 0 Å². The number of carbonyl (C=O) groups excluding carboxylic acids is 3. The van der Waals surface area contributed by atoms with E-state index in [2.05, 4.69) is 18.5 Å². The summed E-state index contributed by atoms with van der Waals surface area (Å²) in [5, 5.41) is 2.46. The average Bonchev–Trinajstić information content (AvgIpc) is 2.82. The Labute approximate surface area is 112 Å². The van der Waals surface area contributed by atoms with Gasteiger partial charge in [-0.3, -0.25) is 19.3 Å². The number of hydrogen-bond donors (Lipinski definition) is 1. The summed E-state index contributed by atoms with van der Waals surface area (Å²) in [6, 6.07) is 0. The summed E-state index contributed by atoms with van der Waals surface area (Å²) >= 11 is 0. The topological polar surface area (TPSA) is 69.7 Å². The molecule has 0 saturated carbocycles. The first-order valence-electron chi connectivity index (χ1n) is 5.89. The van der Waals surface area contributed by atoms with E-state index in [1.54, 1.807) is 0 Å². The van der Waals surface area contributed by atoms with Gasteiger partial charge in [0.25, 0.3) is 5.91 Å². The van der Waals surface area contributed by atoms with Gasteiger partial charge in [-0.25, -0.2) is 0 Å². The molecule has 102 valence electrons. The van der Waals surface area contributed by atoms with Crippen molar-refractivity contribution in [3.05, 3.63) is 37.7 Å². The van der Waals surface area contributed by atoms with E-state index in [1.165, 1.54) is 28.3 Å². The molecule has 1 N–H and O–H groups in total.